The molecule has 12 nitrogen and oxygen atoms in total. The average molecular weight is 529 g/mol. The Morgan fingerprint density at radius 1 is 0.730 bits per heavy atom. The van der Waals surface area contributed by atoms with E-state index in [0.29, 0.717) is 0 Å². The van der Waals surface area contributed by atoms with Crippen LogP contribution < -0.4 is 11.5 Å². The van der Waals surface area contributed by atoms with E-state index in [1.54, 1.807) is 43.3 Å². The fourth-order valence-corrected chi connectivity index (χ4v) is 1.30. The largest absolute Gasteiger partial charge is 0.397 e. The number of amides is 2. The van der Waals surface area contributed by atoms with E-state index in [1.165, 1.54) is 44.5 Å². The van der Waals surface area contributed by atoms with Gasteiger partial charge < -0.3 is 21.3 Å². The number of hydrogen-bond donors (Lipinski definition) is 3. The number of nitrogens with zero attached hydrogens (tertiary/aromatic N) is 2. The van der Waals surface area contributed by atoms with Gasteiger partial charge in [-0.1, -0.05) is 56.7 Å². The molecule has 0 aliphatic heterocycles. The molecule has 2 aromatic rings. The molecule has 0 atom stereocenters. The molecule has 0 saturated carbocycles. The summed E-state index contributed by atoms with van der Waals surface area (Å²) in [5, 5.41) is 27.6. The Labute approximate surface area is 219 Å². The van der Waals surface area contributed by atoms with Gasteiger partial charge in [0, 0.05) is 57.9 Å². The second kappa shape index (κ2) is 36.7. The lowest BCUT2D eigenvalue weighted by molar-refractivity contribution is -0.385. The number of nitro benzene ring substituents is 2. The van der Waals surface area contributed by atoms with Crippen LogP contribution in [0.3, 0.4) is 0 Å². The lowest BCUT2D eigenvalue weighted by atomic mass is 10.3. The molecule has 2 amide bonds. The molecule has 0 radical (unpaired) electrons. The van der Waals surface area contributed by atoms with E-state index in [4.69, 9.17) is 9.84 Å². The van der Waals surface area contributed by atoms with E-state index >= 15 is 0 Å². The number of nitro groups is 2. The standard InChI is InChI=1S/2C6H5NO2.C4H10O.C3H8.2C2H5NO.C2H6O/c2*8-7(9)6-4-2-1-3-5-6;1-3-5-4-2;1-3-2;2*1-2(3)4;1-2-3/h2*1-5H;3-4H2,1-2H3;3H2,1-2H3;2*1H3,(H2,3,4);3H,2H2,1H3. The Balaban J connectivity index is -0.000000114. The first-order valence-corrected chi connectivity index (χ1v) is 11.4. The number of primary amides is 2. The predicted molar refractivity (Wildman–Crippen MR) is 147 cm³/mol. The van der Waals surface area contributed by atoms with Gasteiger partial charge in [0.05, 0.1) is 9.85 Å². The molecule has 37 heavy (non-hydrogen) atoms. The van der Waals surface area contributed by atoms with Crippen molar-refractivity contribution in [1.82, 2.24) is 0 Å². The molecule has 0 fully saturated rings. The summed E-state index contributed by atoms with van der Waals surface area (Å²) in [5.74, 6) is -0.667. The minimum Gasteiger partial charge on any atom is -0.397 e. The molecule has 0 unspecified atom stereocenters. The van der Waals surface area contributed by atoms with Gasteiger partial charge in [-0.2, -0.15) is 0 Å². The third-order valence-electron chi connectivity index (χ3n) is 2.34. The number of hydrogen-bond acceptors (Lipinski definition) is 8. The number of benzene rings is 2. The number of ether oxygens (including phenoxy) is 1. The van der Waals surface area contributed by atoms with Gasteiger partial charge in [0.15, 0.2) is 0 Å². The summed E-state index contributed by atoms with van der Waals surface area (Å²) in [6.45, 7) is 14.5. The van der Waals surface area contributed by atoms with Crippen molar-refractivity contribution in [2.75, 3.05) is 19.8 Å². The molecule has 5 N–H and O–H groups in total. The first-order chi connectivity index (χ1) is 17.3. The molecular weight excluding hydrogens is 484 g/mol. The zero-order valence-corrected chi connectivity index (χ0v) is 23.0. The molecular formula is C25H44N4O8. The summed E-state index contributed by atoms with van der Waals surface area (Å²) >= 11 is 0. The molecule has 0 aliphatic carbocycles. The Morgan fingerprint density at radius 3 is 1.00 bits per heavy atom. The zero-order chi connectivity index (χ0) is 30.1. The van der Waals surface area contributed by atoms with Crippen molar-refractivity contribution in [3.8, 4) is 0 Å². The van der Waals surface area contributed by atoms with Crippen molar-refractivity contribution in [2.24, 2.45) is 11.5 Å². The average Bonchev–Trinajstić information content (AvgIpc) is 2.82. The summed E-state index contributed by atoms with van der Waals surface area (Å²) in [4.78, 5) is 37.6. The molecule has 2 aromatic carbocycles. The van der Waals surface area contributed by atoms with Crippen molar-refractivity contribution >= 4 is 23.2 Å². The van der Waals surface area contributed by atoms with Gasteiger partial charge in [0.25, 0.3) is 11.4 Å². The van der Waals surface area contributed by atoms with Gasteiger partial charge in [0.2, 0.25) is 11.8 Å². The van der Waals surface area contributed by atoms with E-state index < -0.39 is 9.85 Å². The molecule has 0 aliphatic rings. The quantitative estimate of drug-likeness (QED) is 0.376. The maximum absolute atomic E-state index is 10.0. The van der Waals surface area contributed by atoms with Crippen LogP contribution in [0.25, 0.3) is 0 Å². The maximum Gasteiger partial charge on any atom is 0.269 e. The van der Waals surface area contributed by atoms with E-state index in [2.05, 4.69) is 25.3 Å². The zero-order valence-electron chi connectivity index (χ0n) is 23.0. The smallest absolute Gasteiger partial charge is 0.269 e. The van der Waals surface area contributed by atoms with Gasteiger partial charge in [-0.15, -0.1) is 0 Å². The lowest BCUT2D eigenvalue weighted by Gasteiger charge is -1.86. The van der Waals surface area contributed by atoms with Crippen LogP contribution in [0.5, 0.6) is 0 Å². The Bertz CT molecular complexity index is 703. The van der Waals surface area contributed by atoms with Crippen LogP contribution in [-0.4, -0.2) is 46.6 Å². The molecule has 0 saturated heterocycles. The number of rotatable bonds is 4. The highest BCUT2D eigenvalue weighted by atomic mass is 16.6. The third-order valence-corrected chi connectivity index (χ3v) is 2.34. The number of aliphatic hydroxyl groups excluding tert-OH is 1. The van der Waals surface area contributed by atoms with Crippen molar-refractivity contribution < 1.29 is 29.3 Å². The summed E-state index contributed by atoms with van der Waals surface area (Å²) < 4.78 is 4.83. The van der Waals surface area contributed by atoms with Crippen LogP contribution in [-0.2, 0) is 14.3 Å². The molecule has 2 rings (SSSR count). The molecule has 12 heteroatoms. The van der Waals surface area contributed by atoms with Gasteiger partial charge >= 0.3 is 0 Å². The topological polar surface area (TPSA) is 202 Å². The number of carbonyl (C=O) groups is 2. The van der Waals surface area contributed by atoms with Crippen LogP contribution in [0, 0.1) is 20.2 Å². The highest BCUT2D eigenvalue weighted by Crippen LogP contribution is 2.07. The molecule has 0 bridgehead atoms. The molecule has 0 spiro atoms. The second-order valence-electron chi connectivity index (χ2n) is 6.21. The summed E-state index contributed by atoms with van der Waals surface area (Å²) in [6.07, 6.45) is 1.25. The van der Waals surface area contributed by atoms with Gasteiger partial charge in [-0.25, -0.2) is 0 Å². The fraction of sp³-hybridized carbons (Fsp3) is 0.440. The van der Waals surface area contributed by atoms with E-state index in [0.717, 1.165) is 13.2 Å². The Kier molecular flexibility index (Phi) is 42.8. The van der Waals surface area contributed by atoms with E-state index in [1.807, 2.05) is 13.8 Å². The van der Waals surface area contributed by atoms with Gasteiger partial charge in [-0.05, 0) is 20.8 Å². The number of carbonyl (C=O) groups excluding carboxylic acids is 2. The highest BCUT2D eigenvalue weighted by Gasteiger charge is 1.99. The van der Waals surface area contributed by atoms with E-state index in [9.17, 15) is 29.8 Å². The summed E-state index contributed by atoms with van der Waals surface area (Å²) in [6, 6.07) is 15.9. The fourth-order valence-electron chi connectivity index (χ4n) is 1.30. The van der Waals surface area contributed by atoms with Crippen LogP contribution in [0.1, 0.15) is 54.9 Å². The maximum atomic E-state index is 10.0. The Morgan fingerprint density at radius 2 is 0.919 bits per heavy atom. The summed E-state index contributed by atoms with van der Waals surface area (Å²) in [7, 11) is 0. The minimum atomic E-state index is -0.417. The van der Waals surface area contributed by atoms with Crippen LogP contribution in [0.2, 0.25) is 0 Å². The minimum absolute atomic E-state index is 0.137. The first-order valence-electron chi connectivity index (χ1n) is 11.4. The number of nitrogens with two attached hydrogens (primary N) is 2. The third kappa shape index (κ3) is 59.5. The predicted octanol–water partition coefficient (Wildman–Crippen LogP) is 4.63. The SMILES string of the molecule is CC(N)=O.CC(N)=O.CCC.CCO.CCOCC.O=[N+]([O-])c1ccccc1.O=[N+]([O-])c1ccccc1. The second-order valence-corrected chi connectivity index (χ2v) is 6.21. The van der Waals surface area contributed by atoms with Crippen molar-refractivity contribution in [3.63, 3.8) is 0 Å². The van der Waals surface area contributed by atoms with Crippen molar-refractivity contribution in [3.05, 3.63) is 80.9 Å². The normalized spacial score (nSPS) is 7.78. The molecule has 0 heterocycles. The molecule has 212 valence electrons. The monoisotopic (exact) mass is 528 g/mol. The van der Waals surface area contributed by atoms with Crippen LogP contribution in [0.4, 0.5) is 11.4 Å². The van der Waals surface area contributed by atoms with Crippen molar-refractivity contribution in [2.45, 2.75) is 54.9 Å². The summed E-state index contributed by atoms with van der Waals surface area (Å²) in [5.41, 5.74) is 9.22. The number of para-hydroxylation sites is 2. The van der Waals surface area contributed by atoms with Gasteiger partial charge in [-0.3, -0.25) is 29.8 Å². The first kappa shape index (κ1) is 43.2. The van der Waals surface area contributed by atoms with Crippen LogP contribution >= 0.6 is 0 Å². The number of non-ortho nitro benzene ring substituents is 2. The van der Waals surface area contributed by atoms with Gasteiger partial charge in [0.1, 0.15) is 0 Å². The molecule has 0 aromatic heterocycles. The van der Waals surface area contributed by atoms with E-state index in [-0.39, 0.29) is 29.8 Å². The van der Waals surface area contributed by atoms with Crippen molar-refractivity contribution in [1.29, 1.82) is 0 Å². The highest BCUT2D eigenvalue weighted by molar-refractivity contribution is 5.70. The van der Waals surface area contributed by atoms with Crippen LogP contribution in [0.15, 0.2) is 60.7 Å². The number of aliphatic hydroxyl groups is 1. The lowest BCUT2D eigenvalue weighted by Crippen LogP contribution is -2.01. The Hall–Kier alpha value is -3.90.